The van der Waals surface area contributed by atoms with Crippen LogP contribution in [-0.4, -0.2) is 10.9 Å². The summed E-state index contributed by atoms with van der Waals surface area (Å²) < 4.78 is 5.79. The minimum atomic E-state index is -0.272. The highest BCUT2D eigenvalue weighted by Crippen LogP contribution is 2.29. The van der Waals surface area contributed by atoms with Crippen molar-refractivity contribution < 1.29 is 9.21 Å². The van der Waals surface area contributed by atoms with E-state index in [1.54, 1.807) is 0 Å². The largest absolute Gasteiger partial charge is 0.451 e. The van der Waals surface area contributed by atoms with Crippen LogP contribution in [0.4, 0.5) is 5.13 Å². The van der Waals surface area contributed by atoms with Gasteiger partial charge in [0.1, 0.15) is 5.58 Å². The predicted molar refractivity (Wildman–Crippen MR) is 106 cm³/mol. The van der Waals surface area contributed by atoms with Crippen molar-refractivity contribution in [2.24, 2.45) is 0 Å². The Morgan fingerprint density at radius 3 is 2.77 bits per heavy atom. The van der Waals surface area contributed by atoms with Gasteiger partial charge in [-0.15, -0.1) is 11.3 Å². The number of fused-ring (bicyclic) bond motifs is 1. The molecule has 0 aliphatic rings. The van der Waals surface area contributed by atoms with Gasteiger partial charge in [-0.25, -0.2) is 4.98 Å². The van der Waals surface area contributed by atoms with Gasteiger partial charge in [0, 0.05) is 21.9 Å². The summed E-state index contributed by atoms with van der Waals surface area (Å²) in [5.41, 5.74) is 4.68. The number of anilines is 1. The third kappa shape index (κ3) is 3.02. The van der Waals surface area contributed by atoms with E-state index in [1.807, 2.05) is 54.8 Å². The molecule has 2 heterocycles. The van der Waals surface area contributed by atoms with Gasteiger partial charge in [-0.3, -0.25) is 10.1 Å². The normalized spacial score (nSPS) is 11.0. The van der Waals surface area contributed by atoms with E-state index >= 15 is 0 Å². The molecule has 5 heteroatoms. The molecular formula is C21H18N2O2S. The van der Waals surface area contributed by atoms with Gasteiger partial charge in [0.15, 0.2) is 10.9 Å². The zero-order chi connectivity index (χ0) is 18.1. The molecule has 4 nitrogen and oxygen atoms in total. The number of carbonyl (C=O) groups excluding carboxylic acids is 1. The van der Waals surface area contributed by atoms with Gasteiger partial charge in [-0.05, 0) is 31.0 Å². The molecule has 2 aromatic carbocycles. The van der Waals surface area contributed by atoms with Gasteiger partial charge in [-0.2, -0.15) is 0 Å². The number of hydrogen-bond donors (Lipinski definition) is 1. The SMILES string of the molecule is CCc1ccc2oc(C(=O)Nc3nc(-c4ccccc4)cs3)c(C)c2c1. The zero-order valence-electron chi connectivity index (χ0n) is 14.6. The van der Waals surface area contributed by atoms with Crippen LogP contribution in [0.15, 0.2) is 58.3 Å². The number of benzene rings is 2. The molecule has 0 saturated carbocycles. The third-order valence-corrected chi connectivity index (χ3v) is 5.17. The number of nitrogens with one attached hydrogen (secondary N) is 1. The monoisotopic (exact) mass is 362 g/mol. The lowest BCUT2D eigenvalue weighted by Gasteiger charge is -1.99. The molecule has 4 aromatic rings. The second-order valence-electron chi connectivity index (χ2n) is 6.10. The van der Waals surface area contributed by atoms with Crippen LogP contribution in [-0.2, 0) is 6.42 Å². The van der Waals surface area contributed by atoms with E-state index in [1.165, 1.54) is 16.9 Å². The molecule has 1 amide bonds. The van der Waals surface area contributed by atoms with E-state index in [4.69, 9.17) is 4.42 Å². The number of rotatable bonds is 4. The van der Waals surface area contributed by atoms with Crippen molar-refractivity contribution >= 4 is 33.3 Å². The van der Waals surface area contributed by atoms with E-state index in [0.29, 0.717) is 10.9 Å². The second kappa shape index (κ2) is 6.77. The van der Waals surface area contributed by atoms with E-state index in [-0.39, 0.29) is 5.91 Å². The summed E-state index contributed by atoms with van der Waals surface area (Å²) in [5.74, 6) is 0.0652. The number of furan rings is 1. The van der Waals surface area contributed by atoms with Gasteiger partial charge < -0.3 is 4.42 Å². The molecule has 0 bridgehead atoms. The first-order chi connectivity index (χ1) is 12.7. The van der Waals surface area contributed by atoms with Gasteiger partial charge in [0.2, 0.25) is 0 Å². The molecule has 0 atom stereocenters. The van der Waals surface area contributed by atoms with E-state index in [0.717, 1.165) is 34.2 Å². The average Bonchev–Trinajstić information content (AvgIpc) is 3.27. The van der Waals surface area contributed by atoms with Crippen LogP contribution in [0.2, 0.25) is 0 Å². The fourth-order valence-electron chi connectivity index (χ4n) is 2.93. The summed E-state index contributed by atoms with van der Waals surface area (Å²) >= 11 is 1.40. The standard InChI is InChI=1S/C21H18N2O2S/c1-3-14-9-10-18-16(11-14)13(2)19(25-18)20(24)23-21-22-17(12-26-21)15-7-5-4-6-8-15/h4-12H,3H2,1-2H3,(H,22,23,24). The Hall–Kier alpha value is -2.92. The first-order valence-corrected chi connectivity index (χ1v) is 9.38. The average molecular weight is 362 g/mol. The van der Waals surface area contributed by atoms with Crippen LogP contribution in [0, 0.1) is 6.92 Å². The maximum Gasteiger partial charge on any atom is 0.293 e. The number of amides is 1. The van der Waals surface area contributed by atoms with Crippen LogP contribution >= 0.6 is 11.3 Å². The Bertz CT molecular complexity index is 1080. The number of carbonyl (C=O) groups is 1. The lowest BCUT2D eigenvalue weighted by Crippen LogP contribution is -2.11. The van der Waals surface area contributed by atoms with Gasteiger partial charge in [0.25, 0.3) is 5.91 Å². The number of nitrogens with zero attached hydrogens (tertiary/aromatic N) is 1. The Kier molecular flexibility index (Phi) is 4.31. The van der Waals surface area contributed by atoms with E-state index in [2.05, 4.69) is 23.3 Å². The van der Waals surface area contributed by atoms with Crippen LogP contribution in [0.5, 0.6) is 0 Å². The second-order valence-corrected chi connectivity index (χ2v) is 6.96. The summed E-state index contributed by atoms with van der Waals surface area (Å²) in [7, 11) is 0. The van der Waals surface area contributed by atoms with Crippen LogP contribution in [0.25, 0.3) is 22.2 Å². The molecule has 130 valence electrons. The van der Waals surface area contributed by atoms with Crippen LogP contribution < -0.4 is 5.32 Å². The summed E-state index contributed by atoms with van der Waals surface area (Å²) in [6.07, 6.45) is 0.948. The van der Waals surface area contributed by atoms with Crippen molar-refractivity contribution in [2.75, 3.05) is 5.32 Å². The quantitative estimate of drug-likeness (QED) is 0.508. The van der Waals surface area contributed by atoms with Crippen LogP contribution in [0.3, 0.4) is 0 Å². The molecule has 0 aliphatic heterocycles. The highest BCUT2D eigenvalue weighted by atomic mass is 32.1. The van der Waals surface area contributed by atoms with Crippen molar-refractivity contribution in [1.29, 1.82) is 0 Å². The van der Waals surface area contributed by atoms with E-state index < -0.39 is 0 Å². The lowest BCUT2D eigenvalue weighted by atomic mass is 10.1. The maximum atomic E-state index is 12.7. The van der Waals surface area contributed by atoms with Gasteiger partial charge in [-0.1, -0.05) is 43.3 Å². The van der Waals surface area contributed by atoms with Gasteiger partial charge >= 0.3 is 0 Å². The molecule has 0 aliphatic carbocycles. The molecule has 2 aromatic heterocycles. The van der Waals surface area contributed by atoms with Crippen LogP contribution in [0.1, 0.15) is 28.6 Å². The molecular weight excluding hydrogens is 344 g/mol. The molecule has 0 unspecified atom stereocenters. The number of aromatic nitrogens is 1. The number of thiazole rings is 1. The summed E-state index contributed by atoms with van der Waals surface area (Å²) in [6, 6.07) is 15.9. The topological polar surface area (TPSA) is 55.1 Å². The van der Waals surface area contributed by atoms with E-state index in [9.17, 15) is 4.79 Å². The Morgan fingerprint density at radius 1 is 1.19 bits per heavy atom. The minimum Gasteiger partial charge on any atom is -0.451 e. The third-order valence-electron chi connectivity index (χ3n) is 4.41. The highest BCUT2D eigenvalue weighted by Gasteiger charge is 2.19. The first-order valence-electron chi connectivity index (χ1n) is 8.50. The minimum absolute atomic E-state index is 0.272. The molecule has 0 spiro atoms. The van der Waals surface area contributed by atoms with Crippen molar-refractivity contribution in [2.45, 2.75) is 20.3 Å². The summed E-state index contributed by atoms with van der Waals surface area (Å²) in [6.45, 7) is 4.02. The summed E-state index contributed by atoms with van der Waals surface area (Å²) in [4.78, 5) is 17.2. The Labute approximate surface area is 155 Å². The molecule has 26 heavy (non-hydrogen) atoms. The van der Waals surface area contributed by atoms with Crippen molar-refractivity contribution in [3.05, 3.63) is 70.8 Å². The molecule has 0 radical (unpaired) electrons. The fourth-order valence-corrected chi connectivity index (χ4v) is 3.65. The van der Waals surface area contributed by atoms with Crippen molar-refractivity contribution in [3.8, 4) is 11.3 Å². The predicted octanol–water partition coefficient (Wildman–Crippen LogP) is 5.68. The van der Waals surface area contributed by atoms with Crippen molar-refractivity contribution in [1.82, 2.24) is 4.98 Å². The zero-order valence-corrected chi connectivity index (χ0v) is 15.4. The van der Waals surface area contributed by atoms with Crippen molar-refractivity contribution in [3.63, 3.8) is 0 Å². The molecule has 0 saturated heterocycles. The molecule has 0 fully saturated rings. The fraction of sp³-hybridized carbons (Fsp3) is 0.143. The smallest absolute Gasteiger partial charge is 0.293 e. The number of hydrogen-bond acceptors (Lipinski definition) is 4. The Balaban J connectivity index is 1.60. The van der Waals surface area contributed by atoms with Gasteiger partial charge in [0.05, 0.1) is 5.69 Å². The maximum absolute atomic E-state index is 12.7. The highest BCUT2D eigenvalue weighted by molar-refractivity contribution is 7.14. The molecule has 1 N–H and O–H groups in total. The molecule has 4 rings (SSSR count). The lowest BCUT2D eigenvalue weighted by molar-refractivity contribution is 0.0998. The number of aryl methyl sites for hydroxylation is 2. The summed E-state index contributed by atoms with van der Waals surface area (Å²) in [5, 5.41) is 6.33. The first kappa shape index (κ1) is 16.5. The Morgan fingerprint density at radius 2 is 2.00 bits per heavy atom.